The molecule has 0 amide bonds. The van der Waals surface area contributed by atoms with E-state index in [4.69, 9.17) is 0 Å². The molecule has 0 N–H and O–H groups in total. The minimum Gasteiger partial charge on any atom is -0.0952 e. The SMILES string of the molecule is C=C(CCCCC)c1ccc2c(c1)CCc1cc(C(=C)CCCCC)ccc1-2. The Morgan fingerprint density at radius 3 is 1.50 bits per heavy atom. The van der Waals surface area contributed by atoms with Gasteiger partial charge in [-0.2, -0.15) is 0 Å². The lowest BCUT2D eigenvalue weighted by atomic mass is 9.82. The molecule has 0 bridgehead atoms. The molecule has 1 aliphatic carbocycles. The largest absolute Gasteiger partial charge is 0.0952 e. The van der Waals surface area contributed by atoms with Crippen LogP contribution in [0, 0.1) is 0 Å². The number of hydrogen-bond donors (Lipinski definition) is 0. The Morgan fingerprint density at radius 1 is 0.679 bits per heavy atom. The second kappa shape index (κ2) is 9.92. The molecule has 148 valence electrons. The summed E-state index contributed by atoms with van der Waals surface area (Å²) in [5, 5.41) is 0. The van der Waals surface area contributed by atoms with E-state index in [1.165, 1.54) is 83.1 Å². The number of hydrogen-bond acceptors (Lipinski definition) is 0. The van der Waals surface area contributed by atoms with E-state index < -0.39 is 0 Å². The first-order valence-electron chi connectivity index (χ1n) is 11.3. The van der Waals surface area contributed by atoms with Crippen molar-refractivity contribution >= 4 is 11.1 Å². The van der Waals surface area contributed by atoms with Crippen molar-refractivity contribution in [3.8, 4) is 11.1 Å². The monoisotopic (exact) mass is 372 g/mol. The van der Waals surface area contributed by atoms with Gasteiger partial charge in [-0.25, -0.2) is 0 Å². The molecule has 0 spiro atoms. The Morgan fingerprint density at radius 2 is 1.11 bits per heavy atom. The van der Waals surface area contributed by atoms with Crippen LogP contribution in [-0.4, -0.2) is 0 Å². The molecule has 0 saturated carbocycles. The van der Waals surface area contributed by atoms with Crippen molar-refractivity contribution in [1.29, 1.82) is 0 Å². The van der Waals surface area contributed by atoms with Crippen LogP contribution in [0.5, 0.6) is 0 Å². The van der Waals surface area contributed by atoms with Gasteiger partial charge in [-0.15, -0.1) is 0 Å². The predicted octanol–water partition coefficient (Wildman–Crippen LogP) is 8.64. The zero-order valence-electron chi connectivity index (χ0n) is 17.9. The minimum absolute atomic E-state index is 1.12. The van der Waals surface area contributed by atoms with Crippen LogP contribution in [0.15, 0.2) is 49.6 Å². The van der Waals surface area contributed by atoms with Gasteiger partial charge in [0, 0.05) is 0 Å². The van der Waals surface area contributed by atoms with Crippen molar-refractivity contribution in [3.63, 3.8) is 0 Å². The van der Waals surface area contributed by atoms with Gasteiger partial charge in [0.2, 0.25) is 0 Å². The number of allylic oxidation sites excluding steroid dienone is 2. The lowest BCUT2D eigenvalue weighted by molar-refractivity contribution is 0.735. The van der Waals surface area contributed by atoms with Crippen molar-refractivity contribution in [1.82, 2.24) is 0 Å². The number of unbranched alkanes of at least 4 members (excludes halogenated alkanes) is 4. The minimum atomic E-state index is 1.12. The predicted molar refractivity (Wildman–Crippen MR) is 126 cm³/mol. The molecule has 0 aliphatic heterocycles. The molecule has 0 fully saturated rings. The average molecular weight is 373 g/mol. The van der Waals surface area contributed by atoms with Gasteiger partial charge < -0.3 is 0 Å². The molecular weight excluding hydrogens is 336 g/mol. The second-order valence-corrected chi connectivity index (χ2v) is 8.37. The van der Waals surface area contributed by atoms with Gasteiger partial charge in [-0.05, 0) is 83.1 Å². The smallest absolute Gasteiger partial charge is 0.0149 e. The van der Waals surface area contributed by atoms with Crippen LogP contribution in [0.25, 0.3) is 22.3 Å². The summed E-state index contributed by atoms with van der Waals surface area (Å²) in [6.07, 6.45) is 12.1. The van der Waals surface area contributed by atoms with Gasteiger partial charge in [0.05, 0.1) is 0 Å². The van der Waals surface area contributed by atoms with Crippen LogP contribution < -0.4 is 0 Å². The van der Waals surface area contributed by atoms with Crippen molar-refractivity contribution in [2.75, 3.05) is 0 Å². The summed E-state index contributed by atoms with van der Waals surface area (Å²) in [5.41, 5.74) is 11.0. The molecule has 1 aliphatic rings. The maximum Gasteiger partial charge on any atom is -0.0149 e. The fraction of sp³-hybridized carbons (Fsp3) is 0.429. The molecule has 0 saturated heterocycles. The Balaban J connectivity index is 1.76. The van der Waals surface area contributed by atoms with Crippen LogP contribution in [0.2, 0.25) is 0 Å². The fourth-order valence-corrected chi connectivity index (χ4v) is 4.30. The van der Waals surface area contributed by atoms with Crippen molar-refractivity contribution in [2.24, 2.45) is 0 Å². The van der Waals surface area contributed by atoms with Crippen molar-refractivity contribution in [2.45, 2.75) is 78.1 Å². The van der Waals surface area contributed by atoms with E-state index in [0.717, 1.165) is 25.7 Å². The maximum absolute atomic E-state index is 4.34. The molecule has 0 heterocycles. The third-order valence-corrected chi connectivity index (χ3v) is 6.15. The molecule has 0 aromatic heterocycles. The van der Waals surface area contributed by atoms with E-state index in [0.29, 0.717) is 0 Å². The summed E-state index contributed by atoms with van der Waals surface area (Å²) in [4.78, 5) is 0. The highest BCUT2D eigenvalue weighted by Crippen LogP contribution is 2.37. The molecule has 2 aromatic rings. The first-order chi connectivity index (χ1) is 13.6. The first-order valence-corrected chi connectivity index (χ1v) is 11.3. The number of fused-ring (bicyclic) bond motifs is 3. The third-order valence-electron chi connectivity index (χ3n) is 6.15. The third kappa shape index (κ3) is 4.85. The topological polar surface area (TPSA) is 0 Å². The Labute approximate surface area is 172 Å². The zero-order valence-corrected chi connectivity index (χ0v) is 17.9. The van der Waals surface area contributed by atoms with E-state index in [1.807, 2.05) is 0 Å². The van der Waals surface area contributed by atoms with Gasteiger partial charge in [0.1, 0.15) is 0 Å². The van der Waals surface area contributed by atoms with Gasteiger partial charge >= 0.3 is 0 Å². The fourth-order valence-electron chi connectivity index (χ4n) is 4.30. The Bertz CT molecular complexity index is 766. The molecule has 28 heavy (non-hydrogen) atoms. The van der Waals surface area contributed by atoms with Gasteiger partial charge in [0.15, 0.2) is 0 Å². The highest BCUT2D eigenvalue weighted by molar-refractivity contribution is 5.78. The van der Waals surface area contributed by atoms with Crippen molar-refractivity contribution in [3.05, 3.63) is 71.8 Å². The maximum atomic E-state index is 4.34. The zero-order chi connectivity index (χ0) is 19.9. The van der Waals surface area contributed by atoms with E-state index in [1.54, 1.807) is 0 Å². The first kappa shape index (κ1) is 20.6. The van der Waals surface area contributed by atoms with E-state index in [9.17, 15) is 0 Å². The number of benzene rings is 2. The quantitative estimate of drug-likeness (QED) is 0.366. The van der Waals surface area contributed by atoms with Gasteiger partial charge in [-0.1, -0.05) is 89.1 Å². The van der Waals surface area contributed by atoms with Gasteiger partial charge in [-0.3, -0.25) is 0 Å². The van der Waals surface area contributed by atoms with Crippen LogP contribution in [0.4, 0.5) is 0 Å². The molecule has 2 aromatic carbocycles. The van der Waals surface area contributed by atoms with E-state index in [-0.39, 0.29) is 0 Å². The lowest BCUT2D eigenvalue weighted by Gasteiger charge is -2.22. The molecule has 3 rings (SSSR count). The molecule has 0 atom stereocenters. The molecule has 0 radical (unpaired) electrons. The van der Waals surface area contributed by atoms with Crippen molar-refractivity contribution < 1.29 is 0 Å². The van der Waals surface area contributed by atoms with Crippen LogP contribution >= 0.6 is 0 Å². The summed E-state index contributed by atoms with van der Waals surface area (Å²) >= 11 is 0. The number of rotatable bonds is 10. The Kier molecular flexibility index (Phi) is 7.31. The summed E-state index contributed by atoms with van der Waals surface area (Å²) in [6.45, 7) is 13.2. The summed E-state index contributed by atoms with van der Waals surface area (Å²) in [6, 6.07) is 14.0. The van der Waals surface area contributed by atoms with E-state index in [2.05, 4.69) is 63.4 Å². The highest BCUT2D eigenvalue weighted by Gasteiger charge is 2.17. The second-order valence-electron chi connectivity index (χ2n) is 8.37. The van der Waals surface area contributed by atoms with Crippen LogP contribution in [0.3, 0.4) is 0 Å². The van der Waals surface area contributed by atoms with Crippen LogP contribution in [0.1, 0.15) is 87.5 Å². The highest BCUT2D eigenvalue weighted by atomic mass is 14.2. The Hall–Kier alpha value is -2.08. The molecule has 0 nitrogen and oxygen atoms in total. The standard InChI is InChI=1S/C28H36/c1-5-7-9-11-21(3)23-15-17-27-25(19-23)13-14-26-20-24(16-18-28(26)27)22(4)12-10-8-6-2/h15-20H,3-14H2,1-2H3. The van der Waals surface area contributed by atoms with Gasteiger partial charge in [0.25, 0.3) is 0 Å². The summed E-state index contributed by atoms with van der Waals surface area (Å²) < 4.78 is 0. The summed E-state index contributed by atoms with van der Waals surface area (Å²) in [5.74, 6) is 0. The van der Waals surface area contributed by atoms with Crippen LogP contribution in [-0.2, 0) is 12.8 Å². The summed E-state index contributed by atoms with van der Waals surface area (Å²) in [7, 11) is 0. The van der Waals surface area contributed by atoms with E-state index >= 15 is 0 Å². The normalized spacial score (nSPS) is 12.4. The molecule has 0 heteroatoms. The number of aryl methyl sites for hydroxylation is 2. The lowest BCUT2D eigenvalue weighted by Crippen LogP contribution is -2.05. The molecule has 0 unspecified atom stereocenters. The molecular formula is C28H36. The average Bonchev–Trinajstić information content (AvgIpc) is 2.73.